The highest BCUT2D eigenvalue weighted by Gasteiger charge is 1.86. The summed E-state index contributed by atoms with van der Waals surface area (Å²) in [7, 11) is 0. The van der Waals surface area contributed by atoms with Gasteiger partial charge in [0.2, 0.25) is 0 Å². The Kier molecular flexibility index (Phi) is 7.59. The molecular formula is C10H21N. The van der Waals surface area contributed by atoms with Crippen LogP contribution in [0.3, 0.4) is 0 Å². The second-order valence-corrected chi connectivity index (χ2v) is 3.24. The summed E-state index contributed by atoms with van der Waals surface area (Å²) >= 11 is 0. The third-order valence-corrected chi connectivity index (χ3v) is 1.51. The summed E-state index contributed by atoms with van der Waals surface area (Å²) in [4.78, 5) is 0. The number of nitrogens with one attached hydrogen (secondary N) is 1. The lowest BCUT2D eigenvalue weighted by Crippen LogP contribution is -2.12. The van der Waals surface area contributed by atoms with E-state index in [0.717, 1.165) is 19.0 Å². The normalized spacial score (nSPS) is 11.6. The highest BCUT2D eigenvalue weighted by atomic mass is 14.8. The average Bonchev–Trinajstić information content (AvgIpc) is 1.96. The van der Waals surface area contributed by atoms with Crippen LogP contribution in [0, 0.1) is 5.92 Å². The van der Waals surface area contributed by atoms with Crippen LogP contribution in [0.15, 0.2) is 12.2 Å². The van der Waals surface area contributed by atoms with E-state index < -0.39 is 0 Å². The first-order chi connectivity index (χ1) is 5.27. The van der Waals surface area contributed by atoms with Gasteiger partial charge in [0.25, 0.3) is 0 Å². The topological polar surface area (TPSA) is 12.0 Å². The second-order valence-electron chi connectivity index (χ2n) is 3.24. The molecule has 11 heavy (non-hydrogen) atoms. The molecule has 0 aromatic heterocycles. The Morgan fingerprint density at radius 3 is 2.55 bits per heavy atom. The predicted octanol–water partition coefficient (Wildman–Crippen LogP) is 2.59. The summed E-state index contributed by atoms with van der Waals surface area (Å²) in [6.07, 6.45) is 6.93. The number of hydrogen-bond acceptors (Lipinski definition) is 1. The minimum absolute atomic E-state index is 0.797. The van der Waals surface area contributed by atoms with E-state index in [1.165, 1.54) is 12.8 Å². The van der Waals surface area contributed by atoms with Gasteiger partial charge >= 0.3 is 0 Å². The summed E-state index contributed by atoms with van der Waals surface area (Å²) in [6.45, 7) is 8.82. The molecule has 0 aromatic rings. The molecule has 0 unspecified atom stereocenters. The van der Waals surface area contributed by atoms with Gasteiger partial charge in [0, 0.05) is 0 Å². The van der Waals surface area contributed by atoms with Crippen molar-refractivity contribution in [1.82, 2.24) is 5.32 Å². The zero-order chi connectivity index (χ0) is 8.53. The monoisotopic (exact) mass is 155 g/mol. The molecule has 0 aliphatic heterocycles. The molecule has 0 aliphatic rings. The molecule has 0 fully saturated rings. The molecular weight excluding hydrogens is 134 g/mol. The van der Waals surface area contributed by atoms with Gasteiger partial charge in [0.15, 0.2) is 0 Å². The highest BCUT2D eigenvalue weighted by molar-refractivity contribution is 4.82. The molecule has 0 aromatic carbocycles. The maximum absolute atomic E-state index is 3.29. The van der Waals surface area contributed by atoms with Crippen LogP contribution in [-0.4, -0.2) is 13.1 Å². The van der Waals surface area contributed by atoms with Gasteiger partial charge in [-0.15, -0.1) is 0 Å². The number of hydrogen-bond donors (Lipinski definition) is 1. The lowest BCUT2D eigenvalue weighted by molar-refractivity contribution is 0.660. The first kappa shape index (κ1) is 10.7. The van der Waals surface area contributed by atoms with Gasteiger partial charge in [-0.2, -0.15) is 0 Å². The molecule has 0 saturated carbocycles. The Morgan fingerprint density at radius 2 is 2.00 bits per heavy atom. The molecule has 0 amide bonds. The Hall–Kier alpha value is -0.300. The van der Waals surface area contributed by atoms with Crippen molar-refractivity contribution in [3.63, 3.8) is 0 Å². The fourth-order valence-electron chi connectivity index (χ4n) is 0.848. The van der Waals surface area contributed by atoms with Crippen LogP contribution in [0.2, 0.25) is 0 Å². The summed E-state index contributed by atoms with van der Waals surface area (Å²) in [5.41, 5.74) is 0. The van der Waals surface area contributed by atoms with E-state index in [-0.39, 0.29) is 0 Å². The van der Waals surface area contributed by atoms with Crippen LogP contribution in [0.4, 0.5) is 0 Å². The summed E-state index contributed by atoms with van der Waals surface area (Å²) in [5.74, 6) is 0.797. The molecule has 0 bridgehead atoms. The molecule has 0 radical (unpaired) electrons. The molecule has 1 nitrogen and oxygen atoms in total. The van der Waals surface area contributed by atoms with Crippen molar-refractivity contribution in [3.05, 3.63) is 12.2 Å². The smallest absolute Gasteiger partial charge is 0.00144 e. The van der Waals surface area contributed by atoms with E-state index in [1.807, 2.05) is 0 Å². The van der Waals surface area contributed by atoms with E-state index in [2.05, 4.69) is 38.2 Å². The zero-order valence-corrected chi connectivity index (χ0v) is 8.06. The van der Waals surface area contributed by atoms with Gasteiger partial charge < -0.3 is 5.32 Å². The maximum Gasteiger partial charge on any atom is -0.00144 e. The number of rotatable bonds is 6. The van der Waals surface area contributed by atoms with E-state index in [9.17, 15) is 0 Å². The highest BCUT2D eigenvalue weighted by Crippen LogP contribution is 1.99. The van der Waals surface area contributed by atoms with Crippen LogP contribution in [-0.2, 0) is 0 Å². The van der Waals surface area contributed by atoms with Crippen LogP contribution in [0.5, 0.6) is 0 Å². The van der Waals surface area contributed by atoms with Crippen molar-refractivity contribution >= 4 is 0 Å². The zero-order valence-electron chi connectivity index (χ0n) is 8.06. The number of allylic oxidation sites excluding steroid dienone is 1. The standard InChI is InChI=1S/C10H21N/c1-4-11-9-7-5-6-8-10(2)3/h5-6,10-11H,4,7-9H2,1-3H3. The van der Waals surface area contributed by atoms with Crippen LogP contribution >= 0.6 is 0 Å². The van der Waals surface area contributed by atoms with E-state index in [0.29, 0.717) is 0 Å². The quantitative estimate of drug-likeness (QED) is 0.459. The average molecular weight is 155 g/mol. The molecule has 0 rings (SSSR count). The Morgan fingerprint density at radius 1 is 1.27 bits per heavy atom. The van der Waals surface area contributed by atoms with Gasteiger partial charge in [0.1, 0.15) is 0 Å². The molecule has 0 saturated heterocycles. The fourth-order valence-corrected chi connectivity index (χ4v) is 0.848. The lowest BCUT2D eigenvalue weighted by atomic mass is 10.1. The Labute approximate surface area is 70.9 Å². The van der Waals surface area contributed by atoms with E-state index in [1.54, 1.807) is 0 Å². The van der Waals surface area contributed by atoms with E-state index >= 15 is 0 Å². The van der Waals surface area contributed by atoms with Crippen molar-refractivity contribution in [2.45, 2.75) is 33.6 Å². The largest absolute Gasteiger partial charge is 0.317 e. The van der Waals surface area contributed by atoms with E-state index in [4.69, 9.17) is 0 Å². The van der Waals surface area contributed by atoms with Crippen molar-refractivity contribution in [3.8, 4) is 0 Å². The maximum atomic E-state index is 3.29. The van der Waals surface area contributed by atoms with Gasteiger partial charge in [-0.3, -0.25) is 0 Å². The third kappa shape index (κ3) is 9.70. The van der Waals surface area contributed by atoms with Crippen molar-refractivity contribution in [2.75, 3.05) is 13.1 Å². The minimum atomic E-state index is 0.797. The summed E-state index contributed by atoms with van der Waals surface area (Å²) < 4.78 is 0. The first-order valence-electron chi connectivity index (χ1n) is 4.63. The van der Waals surface area contributed by atoms with Crippen LogP contribution < -0.4 is 5.32 Å². The van der Waals surface area contributed by atoms with Gasteiger partial charge in [-0.25, -0.2) is 0 Å². The molecule has 0 spiro atoms. The lowest BCUT2D eigenvalue weighted by Gasteiger charge is -1.97. The SMILES string of the molecule is CCNCCC=CCC(C)C. The Bertz CT molecular complexity index is 95.0. The summed E-state index contributed by atoms with van der Waals surface area (Å²) in [5, 5.41) is 3.29. The van der Waals surface area contributed by atoms with Crippen molar-refractivity contribution in [1.29, 1.82) is 0 Å². The van der Waals surface area contributed by atoms with Gasteiger partial charge in [-0.05, 0) is 31.8 Å². The minimum Gasteiger partial charge on any atom is -0.317 e. The fraction of sp³-hybridized carbons (Fsp3) is 0.800. The molecule has 0 atom stereocenters. The molecule has 66 valence electrons. The van der Waals surface area contributed by atoms with Gasteiger partial charge in [0.05, 0.1) is 0 Å². The van der Waals surface area contributed by atoms with Gasteiger partial charge in [-0.1, -0.05) is 32.9 Å². The Balaban J connectivity index is 3.03. The molecule has 0 heterocycles. The van der Waals surface area contributed by atoms with Crippen molar-refractivity contribution < 1.29 is 0 Å². The van der Waals surface area contributed by atoms with Crippen LogP contribution in [0.25, 0.3) is 0 Å². The molecule has 1 N–H and O–H groups in total. The second kappa shape index (κ2) is 7.80. The summed E-state index contributed by atoms with van der Waals surface area (Å²) in [6, 6.07) is 0. The van der Waals surface area contributed by atoms with Crippen molar-refractivity contribution in [2.24, 2.45) is 5.92 Å². The predicted molar refractivity (Wildman–Crippen MR) is 51.8 cm³/mol. The van der Waals surface area contributed by atoms with Crippen LogP contribution in [0.1, 0.15) is 33.6 Å². The third-order valence-electron chi connectivity index (χ3n) is 1.51. The first-order valence-corrected chi connectivity index (χ1v) is 4.63. The molecule has 1 heteroatoms. The molecule has 0 aliphatic carbocycles.